The summed E-state index contributed by atoms with van der Waals surface area (Å²) in [5.74, 6) is 0. The Kier molecular flexibility index (Phi) is 2.26. The Morgan fingerprint density at radius 3 is 2.90 bits per heavy atom. The van der Waals surface area contributed by atoms with E-state index in [1.807, 2.05) is 0 Å². The molecule has 2 unspecified atom stereocenters. The van der Waals surface area contributed by atoms with Crippen molar-refractivity contribution in [3.05, 3.63) is 0 Å². The van der Waals surface area contributed by atoms with Crippen molar-refractivity contribution in [3.8, 4) is 0 Å². The standard InChI is InChI=1S/C7H14FNO/c1-2-7(8)5-9-4-3-6(7)10/h6,9-10H,2-5H2,1H3. The summed E-state index contributed by atoms with van der Waals surface area (Å²) in [5, 5.41) is 12.1. The number of piperidine rings is 1. The van der Waals surface area contributed by atoms with Gasteiger partial charge in [-0.3, -0.25) is 0 Å². The topological polar surface area (TPSA) is 32.3 Å². The maximum absolute atomic E-state index is 13.4. The van der Waals surface area contributed by atoms with Crippen LogP contribution >= 0.6 is 0 Å². The van der Waals surface area contributed by atoms with Gasteiger partial charge < -0.3 is 10.4 Å². The summed E-state index contributed by atoms with van der Waals surface area (Å²) in [6, 6.07) is 0. The van der Waals surface area contributed by atoms with Crippen LogP contribution in [0.3, 0.4) is 0 Å². The summed E-state index contributed by atoms with van der Waals surface area (Å²) in [5.41, 5.74) is -1.38. The zero-order chi connectivity index (χ0) is 7.61. The second-order valence-electron chi connectivity index (χ2n) is 2.87. The summed E-state index contributed by atoms with van der Waals surface area (Å²) < 4.78 is 13.4. The number of hydrogen-bond acceptors (Lipinski definition) is 2. The maximum Gasteiger partial charge on any atom is 0.148 e. The molecule has 2 N–H and O–H groups in total. The van der Waals surface area contributed by atoms with E-state index in [1.165, 1.54) is 0 Å². The molecule has 0 saturated carbocycles. The highest BCUT2D eigenvalue weighted by molar-refractivity contribution is 4.91. The molecule has 0 aromatic carbocycles. The summed E-state index contributed by atoms with van der Waals surface area (Å²) in [7, 11) is 0. The van der Waals surface area contributed by atoms with E-state index in [0.29, 0.717) is 19.4 Å². The van der Waals surface area contributed by atoms with Gasteiger partial charge in [-0.05, 0) is 19.4 Å². The fourth-order valence-corrected chi connectivity index (χ4v) is 1.27. The van der Waals surface area contributed by atoms with Gasteiger partial charge in [0.2, 0.25) is 0 Å². The van der Waals surface area contributed by atoms with Crippen molar-refractivity contribution in [1.82, 2.24) is 5.32 Å². The molecule has 2 atom stereocenters. The molecule has 0 aromatic heterocycles. The first-order chi connectivity index (χ1) is 4.69. The predicted octanol–water partition coefficient (Wildman–Crippen LogP) is 0.459. The van der Waals surface area contributed by atoms with Gasteiger partial charge in [-0.25, -0.2) is 4.39 Å². The third-order valence-electron chi connectivity index (χ3n) is 2.20. The summed E-state index contributed by atoms with van der Waals surface area (Å²) in [6.45, 7) is 2.79. The highest BCUT2D eigenvalue weighted by Gasteiger charge is 2.38. The van der Waals surface area contributed by atoms with Crippen LogP contribution < -0.4 is 5.32 Å². The van der Waals surface area contributed by atoms with Gasteiger partial charge in [-0.15, -0.1) is 0 Å². The molecule has 0 bridgehead atoms. The molecule has 1 saturated heterocycles. The monoisotopic (exact) mass is 147 g/mol. The van der Waals surface area contributed by atoms with Crippen LogP contribution in [0.25, 0.3) is 0 Å². The molecule has 1 aliphatic heterocycles. The van der Waals surface area contributed by atoms with E-state index < -0.39 is 11.8 Å². The Morgan fingerprint density at radius 1 is 1.80 bits per heavy atom. The van der Waals surface area contributed by atoms with E-state index in [1.54, 1.807) is 6.92 Å². The Balaban J connectivity index is 2.54. The second kappa shape index (κ2) is 2.84. The molecule has 0 aliphatic carbocycles. The molecule has 1 rings (SSSR count). The van der Waals surface area contributed by atoms with Crippen molar-refractivity contribution in [3.63, 3.8) is 0 Å². The minimum atomic E-state index is -1.38. The van der Waals surface area contributed by atoms with Crippen LogP contribution in [0.5, 0.6) is 0 Å². The normalized spacial score (nSPS) is 41.7. The zero-order valence-corrected chi connectivity index (χ0v) is 6.23. The van der Waals surface area contributed by atoms with Crippen LogP contribution in [0, 0.1) is 0 Å². The predicted molar refractivity (Wildman–Crippen MR) is 37.6 cm³/mol. The lowest BCUT2D eigenvalue weighted by atomic mass is 9.90. The molecular weight excluding hydrogens is 133 g/mol. The van der Waals surface area contributed by atoms with Gasteiger partial charge in [0.25, 0.3) is 0 Å². The Labute approximate surface area is 60.4 Å². The van der Waals surface area contributed by atoms with Crippen molar-refractivity contribution in [2.75, 3.05) is 13.1 Å². The van der Waals surface area contributed by atoms with E-state index in [9.17, 15) is 9.50 Å². The number of aliphatic hydroxyl groups excluding tert-OH is 1. The summed E-state index contributed by atoms with van der Waals surface area (Å²) >= 11 is 0. The number of rotatable bonds is 1. The number of alkyl halides is 1. The van der Waals surface area contributed by atoms with E-state index in [2.05, 4.69) is 5.32 Å². The highest BCUT2D eigenvalue weighted by atomic mass is 19.1. The van der Waals surface area contributed by atoms with Crippen LogP contribution in [0.1, 0.15) is 19.8 Å². The number of hydrogen-bond donors (Lipinski definition) is 2. The third kappa shape index (κ3) is 1.30. The quantitative estimate of drug-likeness (QED) is 0.564. The van der Waals surface area contributed by atoms with E-state index in [-0.39, 0.29) is 0 Å². The minimum absolute atomic E-state index is 0.296. The lowest BCUT2D eigenvalue weighted by Crippen LogP contribution is -2.51. The van der Waals surface area contributed by atoms with E-state index in [4.69, 9.17) is 0 Å². The molecule has 10 heavy (non-hydrogen) atoms. The maximum atomic E-state index is 13.4. The molecule has 1 aliphatic rings. The smallest absolute Gasteiger partial charge is 0.148 e. The summed E-state index contributed by atoms with van der Waals surface area (Å²) in [4.78, 5) is 0. The van der Waals surface area contributed by atoms with Gasteiger partial charge in [-0.1, -0.05) is 6.92 Å². The van der Waals surface area contributed by atoms with Crippen molar-refractivity contribution in [1.29, 1.82) is 0 Å². The minimum Gasteiger partial charge on any atom is -0.390 e. The van der Waals surface area contributed by atoms with Crippen molar-refractivity contribution in [2.24, 2.45) is 0 Å². The fourth-order valence-electron chi connectivity index (χ4n) is 1.27. The fraction of sp³-hybridized carbons (Fsp3) is 1.00. The third-order valence-corrected chi connectivity index (χ3v) is 2.20. The SMILES string of the molecule is CCC1(F)CNCCC1O. The highest BCUT2D eigenvalue weighted by Crippen LogP contribution is 2.24. The van der Waals surface area contributed by atoms with Crippen LogP contribution in [0.4, 0.5) is 4.39 Å². The average Bonchev–Trinajstić information content (AvgIpc) is 1.96. The van der Waals surface area contributed by atoms with Gasteiger partial charge in [0.15, 0.2) is 0 Å². The van der Waals surface area contributed by atoms with Crippen LogP contribution in [0.2, 0.25) is 0 Å². The van der Waals surface area contributed by atoms with Crippen molar-refractivity contribution < 1.29 is 9.50 Å². The Morgan fingerprint density at radius 2 is 2.50 bits per heavy atom. The van der Waals surface area contributed by atoms with Gasteiger partial charge in [0.05, 0.1) is 6.10 Å². The van der Waals surface area contributed by atoms with Crippen LogP contribution in [-0.4, -0.2) is 30.0 Å². The average molecular weight is 147 g/mol. The first kappa shape index (κ1) is 7.95. The molecule has 0 amide bonds. The lowest BCUT2D eigenvalue weighted by molar-refractivity contribution is -0.0316. The number of nitrogens with one attached hydrogen (secondary N) is 1. The number of aliphatic hydroxyl groups is 1. The largest absolute Gasteiger partial charge is 0.390 e. The summed E-state index contributed by atoms with van der Waals surface area (Å²) in [6.07, 6.45) is 0.157. The second-order valence-corrected chi connectivity index (χ2v) is 2.87. The van der Waals surface area contributed by atoms with Gasteiger partial charge in [0.1, 0.15) is 5.67 Å². The van der Waals surface area contributed by atoms with Crippen LogP contribution in [-0.2, 0) is 0 Å². The van der Waals surface area contributed by atoms with Gasteiger partial charge >= 0.3 is 0 Å². The molecule has 1 fully saturated rings. The Bertz CT molecular complexity index is 120. The molecule has 0 spiro atoms. The Hall–Kier alpha value is -0.150. The van der Waals surface area contributed by atoms with E-state index >= 15 is 0 Å². The molecule has 2 nitrogen and oxygen atoms in total. The molecule has 0 aromatic rings. The first-order valence-electron chi connectivity index (χ1n) is 3.77. The lowest BCUT2D eigenvalue weighted by Gasteiger charge is -2.33. The van der Waals surface area contributed by atoms with Gasteiger partial charge in [-0.2, -0.15) is 0 Å². The van der Waals surface area contributed by atoms with Crippen molar-refractivity contribution >= 4 is 0 Å². The molecule has 3 heteroatoms. The van der Waals surface area contributed by atoms with Crippen LogP contribution in [0.15, 0.2) is 0 Å². The molecule has 0 radical (unpaired) electrons. The molecular formula is C7H14FNO. The molecule has 1 heterocycles. The number of halogens is 1. The first-order valence-corrected chi connectivity index (χ1v) is 3.77. The van der Waals surface area contributed by atoms with E-state index in [0.717, 1.165) is 6.54 Å². The molecule has 60 valence electrons. The van der Waals surface area contributed by atoms with Gasteiger partial charge in [0, 0.05) is 6.54 Å². The zero-order valence-electron chi connectivity index (χ0n) is 6.23. The van der Waals surface area contributed by atoms with Crippen molar-refractivity contribution in [2.45, 2.75) is 31.5 Å².